The van der Waals surface area contributed by atoms with Crippen molar-refractivity contribution in [1.29, 1.82) is 0 Å². The van der Waals surface area contributed by atoms with Crippen molar-refractivity contribution in [3.05, 3.63) is 6.61 Å². The van der Waals surface area contributed by atoms with Crippen LogP contribution in [0.2, 0.25) is 0 Å². The summed E-state index contributed by atoms with van der Waals surface area (Å²) in [4.78, 5) is 0. The predicted octanol–water partition coefficient (Wildman–Crippen LogP) is 4.33. The van der Waals surface area contributed by atoms with Gasteiger partial charge in [0.05, 0.1) is 6.61 Å². The Kier molecular flexibility index (Phi) is 11.9. The lowest BCUT2D eigenvalue weighted by Crippen LogP contribution is -1.89. The van der Waals surface area contributed by atoms with Crippen LogP contribution >= 0.6 is 0 Å². The van der Waals surface area contributed by atoms with Crippen LogP contribution in [0.3, 0.4) is 0 Å². The van der Waals surface area contributed by atoms with Gasteiger partial charge in [-0.05, 0) is 12.8 Å². The molecule has 1 heteroatoms. The van der Waals surface area contributed by atoms with Crippen LogP contribution in [0.5, 0.6) is 0 Å². The summed E-state index contributed by atoms with van der Waals surface area (Å²) in [6.45, 7) is 7.25. The van der Waals surface area contributed by atoms with Crippen molar-refractivity contribution in [2.45, 2.75) is 65.2 Å². The first kappa shape index (κ1) is 13.0. The number of ether oxygens (including phenoxy) is 1. The molecule has 0 N–H and O–H groups in total. The molecule has 0 bridgehead atoms. The highest BCUT2D eigenvalue weighted by molar-refractivity contribution is 4.52. The van der Waals surface area contributed by atoms with Gasteiger partial charge in [0.25, 0.3) is 0 Å². The zero-order valence-electron chi connectivity index (χ0n) is 9.35. The third-order valence-electron chi connectivity index (χ3n) is 2.12. The molecule has 0 aromatic carbocycles. The van der Waals surface area contributed by atoms with E-state index in [0.717, 1.165) is 19.4 Å². The summed E-state index contributed by atoms with van der Waals surface area (Å²) < 4.78 is 5.29. The number of hydrogen-bond donors (Lipinski definition) is 0. The van der Waals surface area contributed by atoms with Gasteiger partial charge in [-0.25, -0.2) is 0 Å². The molecule has 0 atom stereocenters. The van der Waals surface area contributed by atoms with Crippen LogP contribution < -0.4 is 0 Å². The summed E-state index contributed by atoms with van der Waals surface area (Å²) in [6, 6.07) is 0. The largest absolute Gasteiger partial charge is 0.376 e. The molecule has 1 nitrogen and oxygen atoms in total. The Labute approximate surface area is 83.9 Å². The molecule has 0 aliphatic carbocycles. The van der Waals surface area contributed by atoms with Crippen molar-refractivity contribution < 1.29 is 4.74 Å². The molecular weight excluding hydrogens is 160 g/mol. The normalized spacial score (nSPS) is 10.6. The fraction of sp³-hybridized carbons (Fsp3) is 0.917. The van der Waals surface area contributed by atoms with E-state index in [1.807, 2.05) is 6.61 Å². The standard InChI is InChI=1S/C12H25O/c1-3-5-6-7-8-9-10-12-13-11-4-2/h12H,3-11H2,1-2H3. The molecule has 0 aliphatic heterocycles. The van der Waals surface area contributed by atoms with Gasteiger partial charge < -0.3 is 4.74 Å². The van der Waals surface area contributed by atoms with Crippen molar-refractivity contribution in [2.75, 3.05) is 6.61 Å². The lowest BCUT2D eigenvalue weighted by Gasteiger charge is -2.01. The molecule has 0 heterocycles. The van der Waals surface area contributed by atoms with E-state index in [2.05, 4.69) is 13.8 Å². The van der Waals surface area contributed by atoms with Gasteiger partial charge in [0.1, 0.15) is 0 Å². The summed E-state index contributed by atoms with van der Waals surface area (Å²) in [7, 11) is 0. The highest BCUT2D eigenvalue weighted by Gasteiger charge is 1.91. The van der Waals surface area contributed by atoms with E-state index >= 15 is 0 Å². The zero-order valence-corrected chi connectivity index (χ0v) is 9.35. The molecule has 0 unspecified atom stereocenters. The predicted molar refractivity (Wildman–Crippen MR) is 58.5 cm³/mol. The van der Waals surface area contributed by atoms with Crippen LogP contribution in [0.1, 0.15) is 65.2 Å². The van der Waals surface area contributed by atoms with E-state index in [1.165, 1.54) is 38.5 Å². The van der Waals surface area contributed by atoms with Crippen LogP contribution in [0.4, 0.5) is 0 Å². The molecule has 0 amide bonds. The molecule has 0 spiro atoms. The maximum absolute atomic E-state index is 5.29. The van der Waals surface area contributed by atoms with Crippen LogP contribution in [0.25, 0.3) is 0 Å². The highest BCUT2D eigenvalue weighted by Crippen LogP contribution is 2.08. The monoisotopic (exact) mass is 185 g/mol. The second kappa shape index (κ2) is 12.0. The van der Waals surface area contributed by atoms with E-state index in [-0.39, 0.29) is 0 Å². The average molecular weight is 185 g/mol. The first-order chi connectivity index (χ1) is 6.41. The SMILES string of the molecule is CCCCCCCC[CH]OCCC. The van der Waals surface area contributed by atoms with Crippen LogP contribution in [0.15, 0.2) is 0 Å². The minimum absolute atomic E-state index is 0.885. The Balaban J connectivity index is 2.76. The number of hydrogen-bond acceptors (Lipinski definition) is 1. The molecule has 0 saturated carbocycles. The second-order valence-electron chi connectivity index (χ2n) is 3.59. The quantitative estimate of drug-likeness (QED) is 0.460. The van der Waals surface area contributed by atoms with Gasteiger partial charge in [-0.3, -0.25) is 0 Å². The van der Waals surface area contributed by atoms with E-state index in [4.69, 9.17) is 4.74 Å². The Morgan fingerprint density at radius 2 is 1.54 bits per heavy atom. The number of unbranched alkanes of at least 4 members (excludes halogenated alkanes) is 6. The Morgan fingerprint density at radius 1 is 0.846 bits per heavy atom. The molecule has 0 rings (SSSR count). The maximum atomic E-state index is 5.29. The molecular formula is C12H25O. The van der Waals surface area contributed by atoms with Crippen LogP contribution in [-0.4, -0.2) is 6.61 Å². The molecule has 1 radical (unpaired) electrons. The van der Waals surface area contributed by atoms with Crippen molar-refractivity contribution >= 4 is 0 Å². The molecule has 0 fully saturated rings. The smallest absolute Gasteiger partial charge is 0.0836 e. The van der Waals surface area contributed by atoms with Gasteiger partial charge in [0.15, 0.2) is 0 Å². The summed E-state index contributed by atoms with van der Waals surface area (Å²) in [5.41, 5.74) is 0. The van der Waals surface area contributed by atoms with E-state index < -0.39 is 0 Å². The van der Waals surface area contributed by atoms with Crippen molar-refractivity contribution in [3.63, 3.8) is 0 Å². The summed E-state index contributed by atoms with van der Waals surface area (Å²) in [5, 5.41) is 0. The average Bonchev–Trinajstić information content (AvgIpc) is 2.16. The molecule has 0 saturated heterocycles. The number of rotatable bonds is 10. The lowest BCUT2D eigenvalue weighted by atomic mass is 10.1. The van der Waals surface area contributed by atoms with Crippen LogP contribution in [-0.2, 0) is 4.74 Å². The van der Waals surface area contributed by atoms with Crippen molar-refractivity contribution in [2.24, 2.45) is 0 Å². The van der Waals surface area contributed by atoms with Gasteiger partial charge in [0.2, 0.25) is 0 Å². The molecule has 0 aliphatic rings. The van der Waals surface area contributed by atoms with E-state index in [0.29, 0.717) is 0 Å². The minimum atomic E-state index is 0.885. The van der Waals surface area contributed by atoms with Gasteiger partial charge >= 0.3 is 0 Å². The lowest BCUT2D eigenvalue weighted by molar-refractivity contribution is 0.190. The van der Waals surface area contributed by atoms with Crippen LogP contribution in [0, 0.1) is 6.61 Å². The van der Waals surface area contributed by atoms with Gasteiger partial charge in [-0.15, -0.1) is 0 Å². The molecule has 0 aromatic rings. The Hall–Kier alpha value is -0.0400. The van der Waals surface area contributed by atoms with Crippen molar-refractivity contribution in [3.8, 4) is 0 Å². The molecule has 0 aromatic heterocycles. The zero-order chi connectivity index (χ0) is 9.78. The summed E-state index contributed by atoms with van der Waals surface area (Å²) in [6.07, 6.45) is 10.5. The third-order valence-corrected chi connectivity index (χ3v) is 2.12. The Morgan fingerprint density at radius 3 is 2.23 bits per heavy atom. The fourth-order valence-electron chi connectivity index (χ4n) is 1.29. The van der Waals surface area contributed by atoms with E-state index in [9.17, 15) is 0 Å². The molecule has 13 heavy (non-hydrogen) atoms. The molecule has 79 valence electrons. The second-order valence-corrected chi connectivity index (χ2v) is 3.59. The van der Waals surface area contributed by atoms with E-state index in [1.54, 1.807) is 0 Å². The summed E-state index contributed by atoms with van der Waals surface area (Å²) >= 11 is 0. The summed E-state index contributed by atoms with van der Waals surface area (Å²) in [5.74, 6) is 0. The maximum Gasteiger partial charge on any atom is 0.0836 e. The first-order valence-electron chi connectivity index (χ1n) is 5.85. The first-order valence-corrected chi connectivity index (χ1v) is 5.85. The minimum Gasteiger partial charge on any atom is -0.376 e. The van der Waals surface area contributed by atoms with Gasteiger partial charge in [-0.1, -0.05) is 52.4 Å². The van der Waals surface area contributed by atoms with Gasteiger partial charge in [-0.2, -0.15) is 0 Å². The topological polar surface area (TPSA) is 9.23 Å². The van der Waals surface area contributed by atoms with Crippen molar-refractivity contribution in [1.82, 2.24) is 0 Å². The highest BCUT2D eigenvalue weighted by atomic mass is 16.5. The third kappa shape index (κ3) is 12.0. The van der Waals surface area contributed by atoms with Gasteiger partial charge in [0, 0.05) is 6.61 Å². The Bertz CT molecular complexity index is 71.2. The fourth-order valence-corrected chi connectivity index (χ4v) is 1.29.